The van der Waals surface area contributed by atoms with Crippen LogP contribution in [0.5, 0.6) is 0 Å². The van der Waals surface area contributed by atoms with E-state index in [9.17, 15) is 16.8 Å². The summed E-state index contributed by atoms with van der Waals surface area (Å²) >= 11 is 0. The first-order chi connectivity index (χ1) is 14.1. The van der Waals surface area contributed by atoms with E-state index in [1.165, 1.54) is 12.5 Å². The topological polar surface area (TPSA) is 81.2 Å². The molecular formula is C23H21NO4S2. The van der Waals surface area contributed by atoms with Crippen molar-refractivity contribution in [2.45, 2.75) is 11.5 Å². The van der Waals surface area contributed by atoms with E-state index in [1.54, 1.807) is 6.07 Å². The number of sulfone groups is 2. The fraction of sp³-hybridized carbons (Fsp3) is 0.174. The van der Waals surface area contributed by atoms with Crippen molar-refractivity contribution in [2.75, 3.05) is 12.5 Å². The highest BCUT2D eigenvalue weighted by Crippen LogP contribution is 2.34. The lowest BCUT2D eigenvalue weighted by molar-refractivity contribution is 0.599. The fourth-order valence-electron chi connectivity index (χ4n) is 3.70. The minimum atomic E-state index is -3.19. The van der Waals surface area contributed by atoms with E-state index in [0.717, 1.165) is 32.9 Å². The maximum Gasteiger partial charge on any atom is 0.151 e. The van der Waals surface area contributed by atoms with Gasteiger partial charge in [0.05, 0.1) is 22.7 Å². The minimum Gasteiger partial charge on any atom is -0.247 e. The van der Waals surface area contributed by atoms with Gasteiger partial charge in [0.25, 0.3) is 0 Å². The number of hydrogen-bond donors (Lipinski definition) is 0. The number of nitrogens with zero attached hydrogens (tertiary/aromatic N) is 1. The second kappa shape index (κ2) is 7.49. The molecule has 0 unspecified atom stereocenters. The molecule has 1 aromatic heterocycles. The molecule has 0 aliphatic heterocycles. The standard InChI is InChI=1S/C23H21NO4S2/c1-29(25,26)14-16-8-10-19-20(12-16)21-13-17(15-30(2,27)28)9-11-22(21)24-23(19)18-6-4-3-5-7-18/h3-13H,14-15H2,1-2H3. The number of aromatic nitrogens is 1. The Morgan fingerprint density at radius 1 is 0.667 bits per heavy atom. The number of benzene rings is 3. The quantitative estimate of drug-likeness (QED) is 0.437. The van der Waals surface area contributed by atoms with E-state index < -0.39 is 19.7 Å². The van der Waals surface area contributed by atoms with Crippen molar-refractivity contribution in [3.8, 4) is 11.3 Å². The van der Waals surface area contributed by atoms with Gasteiger partial charge < -0.3 is 0 Å². The summed E-state index contributed by atoms with van der Waals surface area (Å²) < 4.78 is 47.2. The normalized spacial score (nSPS) is 12.5. The molecule has 7 heteroatoms. The van der Waals surface area contributed by atoms with Crippen LogP contribution in [-0.2, 0) is 31.2 Å². The van der Waals surface area contributed by atoms with Gasteiger partial charge in [-0.15, -0.1) is 0 Å². The van der Waals surface area contributed by atoms with Crippen LogP contribution < -0.4 is 0 Å². The minimum absolute atomic E-state index is 0.0591. The molecule has 0 spiro atoms. The van der Waals surface area contributed by atoms with Crippen LogP contribution in [0.25, 0.3) is 32.9 Å². The number of fused-ring (bicyclic) bond motifs is 3. The van der Waals surface area contributed by atoms with Crippen molar-refractivity contribution >= 4 is 41.3 Å². The van der Waals surface area contributed by atoms with Gasteiger partial charge in [-0.05, 0) is 34.7 Å². The van der Waals surface area contributed by atoms with Gasteiger partial charge in [-0.3, -0.25) is 0 Å². The largest absolute Gasteiger partial charge is 0.247 e. The van der Waals surface area contributed by atoms with Crippen LogP contribution >= 0.6 is 0 Å². The Morgan fingerprint density at radius 2 is 1.23 bits per heavy atom. The maximum atomic E-state index is 11.8. The molecule has 0 saturated heterocycles. The summed E-state index contributed by atoms with van der Waals surface area (Å²) in [4.78, 5) is 4.85. The number of pyridine rings is 1. The van der Waals surface area contributed by atoms with Crippen LogP contribution in [-0.4, -0.2) is 34.3 Å². The Morgan fingerprint density at radius 3 is 1.83 bits per heavy atom. The van der Waals surface area contributed by atoms with Crippen molar-refractivity contribution in [3.05, 3.63) is 77.9 Å². The Hall–Kier alpha value is -2.77. The summed E-state index contributed by atoms with van der Waals surface area (Å²) in [6, 6.07) is 20.8. The predicted octanol–water partition coefficient (Wildman–Crippen LogP) is 4.14. The van der Waals surface area contributed by atoms with Gasteiger partial charge in [-0.2, -0.15) is 0 Å². The Labute approximate surface area is 176 Å². The highest BCUT2D eigenvalue weighted by Gasteiger charge is 2.14. The fourth-order valence-corrected chi connectivity index (χ4v) is 5.27. The highest BCUT2D eigenvalue weighted by molar-refractivity contribution is 7.90. The molecule has 0 aliphatic rings. The second-order valence-corrected chi connectivity index (χ2v) is 12.0. The first-order valence-corrected chi connectivity index (χ1v) is 13.5. The zero-order chi connectivity index (χ0) is 21.5. The molecule has 4 rings (SSSR count). The molecule has 30 heavy (non-hydrogen) atoms. The number of hydrogen-bond acceptors (Lipinski definition) is 5. The van der Waals surface area contributed by atoms with E-state index in [1.807, 2.05) is 60.7 Å². The second-order valence-electron chi connectivity index (χ2n) is 7.70. The third-order valence-corrected chi connectivity index (χ3v) is 6.54. The Bertz CT molecular complexity index is 1480. The molecule has 4 aromatic rings. The number of rotatable bonds is 5. The summed E-state index contributed by atoms with van der Waals surface area (Å²) in [5, 5.41) is 2.55. The van der Waals surface area contributed by atoms with Crippen LogP contribution in [0.2, 0.25) is 0 Å². The maximum absolute atomic E-state index is 11.8. The zero-order valence-electron chi connectivity index (χ0n) is 16.7. The van der Waals surface area contributed by atoms with Gasteiger partial charge in [-0.1, -0.05) is 48.5 Å². The highest BCUT2D eigenvalue weighted by atomic mass is 32.2. The zero-order valence-corrected chi connectivity index (χ0v) is 18.3. The smallest absolute Gasteiger partial charge is 0.151 e. The first kappa shape index (κ1) is 20.5. The molecule has 0 bridgehead atoms. The van der Waals surface area contributed by atoms with Crippen molar-refractivity contribution < 1.29 is 16.8 Å². The Balaban J connectivity index is 2.04. The van der Waals surface area contributed by atoms with Crippen LogP contribution in [0.15, 0.2) is 66.7 Å². The van der Waals surface area contributed by atoms with Crippen LogP contribution in [0.4, 0.5) is 0 Å². The first-order valence-electron chi connectivity index (χ1n) is 9.35. The lowest BCUT2D eigenvalue weighted by atomic mass is 9.98. The molecule has 5 nitrogen and oxygen atoms in total. The van der Waals surface area contributed by atoms with Gasteiger partial charge >= 0.3 is 0 Å². The molecule has 0 N–H and O–H groups in total. The van der Waals surface area contributed by atoms with Gasteiger partial charge in [0.2, 0.25) is 0 Å². The SMILES string of the molecule is CS(=O)(=O)Cc1ccc2nc(-c3ccccc3)c3ccc(CS(C)(=O)=O)cc3c2c1. The van der Waals surface area contributed by atoms with Crippen molar-refractivity contribution in [3.63, 3.8) is 0 Å². The average molecular weight is 440 g/mol. The molecule has 0 radical (unpaired) electrons. The molecule has 0 atom stereocenters. The van der Waals surface area contributed by atoms with Crippen LogP contribution in [0.3, 0.4) is 0 Å². The molecule has 0 amide bonds. The van der Waals surface area contributed by atoms with E-state index in [4.69, 9.17) is 4.98 Å². The third kappa shape index (κ3) is 4.52. The lowest BCUT2D eigenvalue weighted by Gasteiger charge is -2.13. The molecule has 0 aliphatic carbocycles. The van der Waals surface area contributed by atoms with Crippen LogP contribution in [0.1, 0.15) is 11.1 Å². The molecule has 154 valence electrons. The third-order valence-electron chi connectivity index (χ3n) is 4.83. The molecule has 3 aromatic carbocycles. The molecule has 1 heterocycles. The summed E-state index contributed by atoms with van der Waals surface area (Å²) in [6.45, 7) is 0. The molecule has 0 fully saturated rings. The van der Waals surface area contributed by atoms with E-state index in [2.05, 4.69) is 0 Å². The van der Waals surface area contributed by atoms with Crippen molar-refractivity contribution in [1.29, 1.82) is 0 Å². The summed E-state index contributed by atoms with van der Waals surface area (Å²) in [5.74, 6) is -0.121. The van der Waals surface area contributed by atoms with E-state index in [0.29, 0.717) is 11.1 Å². The molecule has 0 saturated carbocycles. The van der Waals surface area contributed by atoms with Gasteiger partial charge in [0, 0.05) is 28.8 Å². The van der Waals surface area contributed by atoms with E-state index >= 15 is 0 Å². The summed E-state index contributed by atoms with van der Waals surface area (Å²) in [7, 11) is -6.37. The Kier molecular flexibility index (Phi) is 5.11. The predicted molar refractivity (Wildman–Crippen MR) is 122 cm³/mol. The summed E-state index contributed by atoms with van der Waals surface area (Å²) in [6.07, 6.45) is 2.41. The van der Waals surface area contributed by atoms with Gasteiger partial charge in [-0.25, -0.2) is 21.8 Å². The van der Waals surface area contributed by atoms with Crippen LogP contribution in [0, 0.1) is 0 Å². The summed E-state index contributed by atoms with van der Waals surface area (Å²) in [5.41, 5.74) is 3.86. The average Bonchev–Trinajstić information content (AvgIpc) is 2.65. The molecular weight excluding hydrogens is 418 g/mol. The monoisotopic (exact) mass is 439 g/mol. The lowest BCUT2D eigenvalue weighted by Crippen LogP contribution is -2.02. The van der Waals surface area contributed by atoms with Gasteiger partial charge in [0.1, 0.15) is 0 Å². The van der Waals surface area contributed by atoms with E-state index in [-0.39, 0.29) is 11.5 Å². The van der Waals surface area contributed by atoms with Crippen molar-refractivity contribution in [1.82, 2.24) is 4.98 Å². The van der Waals surface area contributed by atoms with Crippen molar-refractivity contribution in [2.24, 2.45) is 0 Å². The van der Waals surface area contributed by atoms with Gasteiger partial charge in [0.15, 0.2) is 19.7 Å².